The van der Waals surface area contributed by atoms with Crippen LogP contribution in [-0.2, 0) is 13.5 Å². The molecule has 2 aromatic heterocycles. The fraction of sp³-hybridized carbons (Fsp3) is 0.316. The van der Waals surface area contributed by atoms with Gasteiger partial charge in [-0.05, 0) is 31.5 Å². The van der Waals surface area contributed by atoms with Crippen LogP contribution in [-0.4, -0.2) is 28.0 Å². The molecule has 0 aliphatic carbocycles. The standard InChI is InChI=1S/C19H22N4O3/c1-12(17-11-23(3)21-13(17)2)20-19(24)18-10-15(22-26-18)9-14-5-7-16(25-4)8-6-14/h5-8,10-12H,9H2,1-4H3,(H,20,24). The highest BCUT2D eigenvalue weighted by molar-refractivity contribution is 5.91. The molecule has 3 aromatic rings. The van der Waals surface area contributed by atoms with Crippen LogP contribution >= 0.6 is 0 Å². The number of carbonyl (C=O) groups excluding carboxylic acids is 1. The third-order valence-corrected chi connectivity index (χ3v) is 4.19. The number of aryl methyl sites for hydroxylation is 2. The number of hydrogen-bond acceptors (Lipinski definition) is 5. The normalized spacial score (nSPS) is 12.0. The smallest absolute Gasteiger partial charge is 0.290 e. The lowest BCUT2D eigenvalue weighted by Crippen LogP contribution is -2.26. The van der Waals surface area contributed by atoms with Crippen molar-refractivity contribution in [1.82, 2.24) is 20.3 Å². The largest absolute Gasteiger partial charge is 0.497 e. The fourth-order valence-corrected chi connectivity index (χ4v) is 2.84. The highest BCUT2D eigenvalue weighted by Gasteiger charge is 2.18. The average molecular weight is 354 g/mol. The first-order valence-electron chi connectivity index (χ1n) is 8.36. The molecule has 3 rings (SSSR count). The second-order valence-electron chi connectivity index (χ2n) is 6.25. The van der Waals surface area contributed by atoms with Crippen molar-refractivity contribution < 1.29 is 14.1 Å². The predicted molar refractivity (Wildman–Crippen MR) is 96.1 cm³/mol. The summed E-state index contributed by atoms with van der Waals surface area (Å²) in [5.74, 6) is 0.699. The van der Waals surface area contributed by atoms with Crippen LogP contribution in [0.2, 0.25) is 0 Å². The minimum atomic E-state index is -0.297. The van der Waals surface area contributed by atoms with E-state index in [1.807, 2.05) is 51.4 Å². The minimum Gasteiger partial charge on any atom is -0.497 e. The first-order chi connectivity index (χ1) is 12.5. The minimum absolute atomic E-state index is 0.175. The maximum Gasteiger partial charge on any atom is 0.290 e. The molecule has 136 valence electrons. The SMILES string of the molecule is COc1ccc(Cc2cc(C(=O)NC(C)c3cn(C)nc3C)on2)cc1. The van der Waals surface area contributed by atoms with E-state index in [1.165, 1.54) is 0 Å². The van der Waals surface area contributed by atoms with Crippen molar-refractivity contribution in [3.63, 3.8) is 0 Å². The molecule has 1 N–H and O–H groups in total. The average Bonchev–Trinajstić information content (AvgIpc) is 3.21. The molecule has 0 spiro atoms. The third kappa shape index (κ3) is 3.93. The maximum atomic E-state index is 12.4. The van der Waals surface area contributed by atoms with E-state index in [4.69, 9.17) is 9.26 Å². The Hall–Kier alpha value is -3.09. The Bertz CT molecular complexity index is 896. The lowest BCUT2D eigenvalue weighted by Gasteiger charge is -2.11. The van der Waals surface area contributed by atoms with Crippen LogP contribution in [0.15, 0.2) is 41.1 Å². The number of carbonyl (C=O) groups is 1. The van der Waals surface area contributed by atoms with E-state index >= 15 is 0 Å². The lowest BCUT2D eigenvalue weighted by atomic mass is 10.1. The van der Waals surface area contributed by atoms with Crippen LogP contribution in [0.4, 0.5) is 0 Å². The van der Waals surface area contributed by atoms with Crippen LogP contribution in [0, 0.1) is 6.92 Å². The zero-order valence-corrected chi connectivity index (χ0v) is 15.3. The topological polar surface area (TPSA) is 82.2 Å². The van der Waals surface area contributed by atoms with Gasteiger partial charge in [-0.1, -0.05) is 17.3 Å². The Morgan fingerprint density at radius 3 is 2.69 bits per heavy atom. The number of benzene rings is 1. The number of aromatic nitrogens is 3. The number of rotatable bonds is 6. The molecule has 0 bridgehead atoms. The molecule has 1 atom stereocenters. The van der Waals surface area contributed by atoms with Gasteiger partial charge in [0.1, 0.15) is 5.75 Å². The molecule has 0 aliphatic heterocycles. The van der Waals surface area contributed by atoms with E-state index in [0.717, 1.165) is 22.6 Å². The molecule has 0 fully saturated rings. The number of methoxy groups -OCH3 is 1. The highest BCUT2D eigenvalue weighted by atomic mass is 16.5. The zero-order chi connectivity index (χ0) is 18.7. The monoisotopic (exact) mass is 354 g/mol. The number of amides is 1. The third-order valence-electron chi connectivity index (χ3n) is 4.19. The Labute approximate surface area is 151 Å². The Morgan fingerprint density at radius 1 is 1.35 bits per heavy atom. The van der Waals surface area contributed by atoms with Crippen molar-refractivity contribution >= 4 is 5.91 Å². The number of nitrogens with zero attached hydrogens (tertiary/aromatic N) is 3. The molecule has 26 heavy (non-hydrogen) atoms. The Balaban J connectivity index is 1.64. The first-order valence-corrected chi connectivity index (χ1v) is 8.36. The summed E-state index contributed by atoms with van der Waals surface area (Å²) in [6.07, 6.45) is 2.48. The molecular weight excluding hydrogens is 332 g/mol. The summed E-state index contributed by atoms with van der Waals surface area (Å²) in [5, 5.41) is 11.2. The number of nitrogens with one attached hydrogen (secondary N) is 1. The lowest BCUT2D eigenvalue weighted by molar-refractivity contribution is 0.0902. The van der Waals surface area contributed by atoms with E-state index in [-0.39, 0.29) is 17.7 Å². The van der Waals surface area contributed by atoms with Gasteiger partial charge < -0.3 is 14.6 Å². The molecule has 2 heterocycles. The summed E-state index contributed by atoms with van der Waals surface area (Å²) in [6.45, 7) is 3.83. The fourth-order valence-electron chi connectivity index (χ4n) is 2.84. The summed E-state index contributed by atoms with van der Waals surface area (Å²) >= 11 is 0. The maximum absolute atomic E-state index is 12.4. The number of ether oxygens (including phenoxy) is 1. The van der Waals surface area contributed by atoms with Gasteiger partial charge in [-0.15, -0.1) is 0 Å². The Kier molecular flexibility index (Phi) is 5.06. The van der Waals surface area contributed by atoms with E-state index in [2.05, 4.69) is 15.6 Å². The van der Waals surface area contributed by atoms with Gasteiger partial charge >= 0.3 is 0 Å². The second-order valence-corrected chi connectivity index (χ2v) is 6.25. The van der Waals surface area contributed by atoms with Gasteiger partial charge in [-0.3, -0.25) is 9.48 Å². The quantitative estimate of drug-likeness (QED) is 0.736. The van der Waals surface area contributed by atoms with Crippen molar-refractivity contribution in [3.8, 4) is 5.75 Å². The van der Waals surface area contributed by atoms with Crippen molar-refractivity contribution in [3.05, 3.63) is 64.8 Å². The molecule has 1 unspecified atom stereocenters. The molecular formula is C19H22N4O3. The van der Waals surface area contributed by atoms with Crippen LogP contribution in [0.5, 0.6) is 5.75 Å². The molecule has 0 saturated heterocycles. The summed E-state index contributed by atoms with van der Waals surface area (Å²) < 4.78 is 12.1. The highest BCUT2D eigenvalue weighted by Crippen LogP contribution is 2.18. The molecule has 0 aliphatic rings. The summed E-state index contributed by atoms with van der Waals surface area (Å²) in [6, 6.07) is 9.19. The van der Waals surface area contributed by atoms with Crippen molar-refractivity contribution in [2.75, 3.05) is 7.11 Å². The van der Waals surface area contributed by atoms with Crippen molar-refractivity contribution in [2.45, 2.75) is 26.3 Å². The van der Waals surface area contributed by atoms with Gasteiger partial charge in [-0.25, -0.2) is 0 Å². The zero-order valence-electron chi connectivity index (χ0n) is 15.3. The van der Waals surface area contributed by atoms with E-state index in [1.54, 1.807) is 17.9 Å². The molecule has 1 amide bonds. The summed E-state index contributed by atoms with van der Waals surface area (Å²) in [5.41, 5.74) is 3.62. The van der Waals surface area contributed by atoms with Gasteiger partial charge in [0.15, 0.2) is 0 Å². The van der Waals surface area contributed by atoms with E-state index in [9.17, 15) is 4.79 Å². The molecule has 1 aromatic carbocycles. The van der Waals surface area contributed by atoms with E-state index < -0.39 is 0 Å². The van der Waals surface area contributed by atoms with Crippen molar-refractivity contribution in [2.24, 2.45) is 7.05 Å². The van der Waals surface area contributed by atoms with E-state index in [0.29, 0.717) is 12.1 Å². The van der Waals surface area contributed by atoms with Crippen molar-refractivity contribution in [1.29, 1.82) is 0 Å². The van der Waals surface area contributed by atoms with Crippen LogP contribution in [0.3, 0.4) is 0 Å². The van der Waals surface area contributed by atoms with Gasteiger partial charge in [0, 0.05) is 31.3 Å². The summed E-state index contributed by atoms with van der Waals surface area (Å²) in [4.78, 5) is 12.4. The van der Waals surface area contributed by atoms with Gasteiger partial charge in [0.2, 0.25) is 5.76 Å². The summed E-state index contributed by atoms with van der Waals surface area (Å²) in [7, 11) is 3.48. The van der Waals surface area contributed by atoms with Gasteiger partial charge in [-0.2, -0.15) is 5.10 Å². The number of hydrogen-bond donors (Lipinski definition) is 1. The molecule has 7 heteroatoms. The van der Waals surface area contributed by atoms with Crippen LogP contribution < -0.4 is 10.1 Å². The predicted octanol–water partition coefficient (Wildman–Crippen LogP) is 2.81. The van der Waals surface area contributed by atoms with Gasteiger partial charge in [0.05, 0.1) is 24.5 Å². The second kappa shape index (κ2) is 7.43. The molecule has 0 saturated carbocycles. The van der Waals surface area contributed by atoms with Crippen LogP contribution in [0.1, 0.15) is 46.0 Å². The Morgan fingerprint density at radius 2 is 2.08 bits per heavy atom. The van der Waals surface area contributed by atoms with Gasteiger partial charge in [0.25, 0.3) is 5.91 Å². The first kappa shape index (κ1) is 17.7. The molecule has 0 radical (unpaired) electrons. The van der Waals surface area contributed by atoms with Crippen LogP contribution in [0.25, 0.3) is 0 Å². The molecule has 7 nitrogen and oxygen atoms in total.